The highest BCUT2D eigenvalue weighted by Gasteiger charge is 2.30. The molecule has 148 valence electrons. The Labute approximate surface area is 158 Å². The summed E-state index contributed by atoms with van der Waals surface area (Å²) in [5.41, 5.74) is 0. The van der Waals surface area contributed by atoms with Crippen molar-refractivity contribution in [2.75, 3.05) is 6.61 Å². The van der Waals surface area contributed by atoms with Crippen LogP contribution in [0.3, 0.4) is 0 Å². The van der Waals surface area contributed by atoms with E-state index in [1.165, 1.54) is 109 Å². The molecule has 0 bridgehead atoms. The average molecular weight is 351 g/mol. The topological polar surface area (TPSA) is 9.23 Å². The van der Waals surface area contributed by atoms with Gasteiger partial charge in [-0.25, -0.2) is 0 Å². The van der Waals surface area contributed by atoms with Gasteiger partial charge in [-0.2, -0.15) is 0 Å². The second-order valence-corrected chi connectivity index (χ2v) is 9.07. The zero-order valence-electron chi connectivity index (χ0n) is 17.4. The number of hydrogen-bond donors (Lipinski definition) is 0. The van der Waals surface area contributed by atoms with E-state index < -0.39 is 0 Å². The minimum atomic E-state index is 0.591. The Morgan fingerprint density at radius 2 is 1.12 bits per heavy atom. The van der Waals surface area contributed by atoms with Crippen molar-refractivity contribution < 1.29 is 4.74 Å². The second-order valence-electron chi connectivity index (χ2n) is 9.07. The van der Waals surface area contributed by atoms with Gasteiger partial charge in [0.15, 0.2) is 0 Å². The molecular weight excluding hydrogens is 304 g/mol. The van der Waals surface area contributed by atoms with Crippen LogP contribution in [0, 0.1) is 17.8 Å². The summed E-state index contributed by atoms with van der Waals surface area (Å²) >= 11 is 0. The highest BCUT2D eigenvalue weighted by molar-refractivity contribution is 4.82. The van der Waals surface area contributed by atoms with Crippen molar-refractivity contribution in [3.8, 4) is 0 Å². The summed E-state index contributed by atoms with van der Waals surface area (Å²) < 4.78 is 6.20. The van der Waals surface area contributed by atoms with Crippen LogP contribution in [-0.2, 0) is 4.74 Å². The van der Waals surface area contributed by atoms with E-state index >= 15 is 0 Å². The highest BCUT2D eigenvalue weighted by Crippen LogP contribution is 2.41. The van der Waals surface area contributed by atoms with Crippen LogP contribution in [0.4, 0.5) is 0 Å². The van der Waals surface area contributed by atoms with Crippen molar-refractivity contribution in [3.63, 3.8) is 0 Å². The monoisotopic (exact) mass is 350 g/mol. The molecular formula is C24H46O. The molecule has 25 heavy (non-hydrogen) atoms. The van der Waals surface area contributed by atoms with Crippen LogP contribution in [0.2, 0.25) is 0 Å². The fraction of sp³-hybridized carbons (Fsp3) is 1.00. The van der Waals surface area contributed by atoms with E-state index in [0.29, 0.717) is 6.10 Å². The minimum Gasteiger partial charge on any atom is -0.378 e. The maximum absolute atomic E-state index is 6.20. The van der Waals surface area contributed by atoms with Gasteiger partial charge >= 0.3 is 0 Å². The summed E-state index contributed by atoms with van der Waals surface area (Å²) in [5.74, 6) is 3.12. The Kier molecular flexibility index (Phi) is 11.2. The second kappa shape index (κ2) is 13.2. The zero-order valence-corrected chi connectivity index (χ0v) is 17.4. The lowest BCUT2D eigenvalue weighted by Crippen LogP contribution is -2.28. The van der Waals surface area contributed by atoms with Crippen molar-refractivity contribution in [3.05, 3.63) is 0 Å². The molecule has 0 unspecified atom stereocenters. The molecule has 2 saturated carbocycles. The summed E-state index contributed by atoms with van der Waals surface area (Å²) in [5, 5.41) is 0. The Morgan fingerprint density at radius 1 is 0.600 bits per heavy atom. The van der Waals surface area contributed by atoms with Crippen molar-refractivity contribution in [2.45, 2.75) is 129 Å². The van der Waals surface area contributed by atoms with Crippen molar-refractivity contribution in [1.29, 1.82) is 0 Å². The Balaban J connectivity index is 1.43. The van der Waals surface area contributed by atoms with E-state index in [1.807, 2.05) is 0 Å². The summed E-state index contributed by atoms with van der Waals surface area (Å²) in [6.07, 6.45) is 24.8. The normalized spacial score (nSPS) is 30.5. The first-order valence-electron chi connectivity index (χ1n) is 11.9. The Morgan fingerprint density at radius 3 is 1.68 bits per heavy atom. The number of rotatable bonds is 12. The van der Waals surface area contributed by atoms with Gasteiger partial charge in [-0.3, -0.25) is 0 Å². The molecule has 0 radical (unpaired) electrons. The summed E-state index contributed by atoms with van der Waals surface area (Å²) in [6, 6.07) is 0. The molecule has 2 aliphatic rings. The molecule has 0 aromatic heterocycles. The fourth-order valence-corrected chi connectivity index (χ4v) is 5.28. The van der Waals surface area contributed by atoms with E-state index in [2.05, 4.69) is 13.8 Å². The van der Waals surface area contributed by atoms with Crippen LogP contribution in [0.5, 0.6) is 0 Å². The minimum absolute atomic E-state index is 0.591. The van der Waals surface area contributed by atoms with Gasteiger partial charge in [-0.15, -0.1) is 0 Å². The quantitative estimate of drug-likeness (QED) is 0.325. The largest absolute Gasteiger partial charge is 0.378 e. The molecule has 2 fully saturated rings. The van der Waals surface area contributed by atoms with Crippen LogP contribution in [-0.4, -0.2) is 12.7 Å². The molecule has 0 aromatic carbocycles. The van der Waals surface area contributed by atoms with Crippen molar-refractivity contribution in [2.24, 2.45) is 17.8 Å². The molecule has 0 aliphatic heterocycles. The summed E-state index contributed by atoms with van der Waals surface area (Å²) in [6.45, 7) is 5.69. The maximum Gasteiger partial charge on any atom is 0.0575 e. The molecule has 0 heterocycles. The first-order valence-corrected chi connectivity index (χ1v) is 11.9. The molecule has 1 nitrogen and oxygen atoms in total. The standard InChI is InChI=1S/C24H46O/c1-3-5-6-7-8-9-10-11-20-25-24-18-16-23(17-19-24)22-14-12-21(4-2)13-15-22/h21-24H,3-20H2,1-2H3/t21?,22?,23-,24-. The third-order valence-corrected chi connectivity index (χ3v) is 7.21. The first-order chi connectivity index (χ1) is 12.3. The fourth-order valence-electron chi connectivity index (χ4n) is 5.28. The molecule has 0 saturated heterocycles. The molecule has 0 amide bonds. The van der Waals surface area contributed by atoms with E-state index in [-0.39, 0.29) is 0 Å². The molecule has 1 heteroatoms. The van der Waals surface area contributed by atoms with Crippen molar-refractivity contribution >= 4 is 0 Å². The predicted molar refractivity (Wildman–Crippen MR) is 110 cm³/mol. The predicted octanol–water partition coefficient (Wildman–Crippen LogP) is 7.92. The van der Waals surface area contributed by atoms with E-state index in [9.17, 15) is 0 Å². The van der Waals surface area contributed by atoms with E-state index in [1.54, 1.807) is 0 Å². The Bertz CT molecular complexity index is 297. The van der Waals surface area contributed by atoms with Crippen LogP contribution in [0.1, 0.15) is 123 Å². The van der Waals surface area contributed by atoms with Crippen LogP contribution in [0.15, 0.2) is 0 Å². The molecule has 0 aromatic rings. The van der Waals surface area contributed by atoms with Gasteiger partial charge < -0.3 is 4.74 Å². The SMILES string of the molecule is CCCCCCCCCCO[C@H]1CC[C@H](C2CCC(CC)CC2)CC1. The van der Waals surface area contributed by atoms with Gasteiger partial charge in [-0.1, -0.05) is 78.1 Å². The lowest BCUT2D eigenvalue weighted by molar-refractivity contribution is 0.00536. The van der Waals surface area contributed by atoms with Crippen LogP contribution < -0.4 is 0 Å². The molecule has 0 atom stereocenters. The molecule has 0 spiro atoms. The molecule has 2 rings (SSSR count). The van der Waals surface area contributed by atoms with Crippen LogP contribution in [0.25, 0.3) is 0 Å². The van der Waals surface area contributed by atoms with Gasteiger partial charge in [0.25, 0.3) is 0 Å². The van der Waals surface area contributed by atoms with Gasteiger partial charge in [0.1, 0.15) is 0 Å². The lowest BCUT2D eigenvalue weighted by atomic mass is 9.70. The zero-order chi connectivity index (χ0) is 17.7. The first kappa shape index (κ1) is 21.3. The average Bonchev–Trinajstić information content (AvgIpc) is 2.67. The summed E-state index contributed by atoms with van der Waals surface area (Å²) in [7, 11) is 0. The third-order valence-electron chi connectivity index (χ3n) is 7.21. The van der Waals surface area contributed by atoms with Gasteiger partial charge in [-0.05, 0) is 62.7 Å². The molecule has 0 N–H and O–H groups in total. The maximum atomic E-state index is 6.20. The third kappa shape index (κ3) is 8.46. The smallest absolute Gasteiger partial charge is 0.0575 e. The van der Waals surface area contributed by atoms with E-state index in [4.69, 9.17) is 4.74 Å². The Hall–Kier alpha value is -0.0400. The highest BCUT2D eigenvalue weighted by atomic mass is 16.5. The lowest BCUT2D eigenvalue weighted by Gasteiger charge is -2.37. The van der Waals surface area contributed by atoms with Gasteiger partial charge in [0.2, 0.25) is 0 Å². The van der Waals surface area contributed by atoms with Crippen molar-refractivity contribution in [1.82, 2.24) is 0 Å². The van der Waals surface area contributed by atoms with E-state index in [0.717, 1.165) is 24.4 Å². The number of ether oxygens (including phenoxy) is 1. The molecule has 2 aliphatic carbocycles. The number of hydrogen-bond acceptors (Lipinski definition) is 1. The van der Waals surface area contributed by atoms with Gasteiger partial charge in [0, 0.05) is 6.61 Å². The van der Waals surface area contributed by atoms with Gasteiger partial charge in [0.05, 0.1) is 6.10 Å². The summed E-state index contributed by atoms with van der Waals surface area (Å²) in [4.78, 5) is 0. The van der Waals surface area contributed by atoms with Crippen LogP contribution >= 0.6 is 0 Å². The number of unbranched alkanes of at least 4 members (excludes halogenated alkanes) is 7.